The minimum atomic E-state index is -0.745. The summed E-state index contributed by atoms with van der Waals surface area (Å²) in [6, 6.07) is 0. The lowest BCUT2D eigenvalue weighted by molar-refractivity contribution is -0.0765. The molecule has 1 atom stereocenters. The van der Waals surface area contributed by atoms with Gasteiger partial charge in [-0.2, -0.15) is 0 Å². The smallest absolute Gasteiger partial charge is 0.0798 e. The number of rotatable bonds is 3. The maximum Gasteiger partial charge on any atom is 0.0798 e. The Morgan fingerprint density at radius 3 is 2.30 bits per heavy atom. The minimum Gasteiger partial charge on any atom is -0.394 e. The molecular weight excluding hydrogens is 132 g/mol. The third-order valence-corrected chi connectivity index (χ3v) is 2.11. The Hall–Kier alpha value is -0.120. The first kappa shape index (κ1) is 7.98. The average Bonchev–Trinajstić information content (AvgIpc) is 1.84. The first-order valence-corrected chi connectivity index (χ1v) is 3.68. The quantitative estimate of drug-likeness (QED) is 0.510. The Labute approximate surface area is 60.3 Å². The molecule has 1 rings (SSSR count). The Balaban J connectivity index is 2.22. The van der Waals surface area contributed by atoms with Crippen LogP contribution in [0.1, 0.15) is 25.7 Å². The van der Waals surface area contributed by atoms with Crippen molar-refractivity contribution >= 4 is 0 Å². The second kappa shape index (κ2) is 2.86. The SMILES string of the molecule is OCC(O)CC1(O)CCC1. The molecule has 3 nitrogen and oxygen atoms in total. The average molecular weight is 146 g/mol. The molecule has 0 aliphatic heterocycles. The van der Waals surface area contributed by atoms with Crippen LogP contribution in [0.4, 0.5) is 0 Å². The second-order valence-electron chi connectivity index (χ2n) is 3.12. The van der Waals surface area contributed by atoms with Crippen molar-refractivity contribution in [1.29, 1.82) is 0 Å². The van der Waals surface area contributed by atoms with Crippen LogP contribution in [0.25, 0.3) is 0 Å². The highest BCUT2D eigenvalue weighted by molar-refractivity contribution is 4.89. The van der Waals surface area contributed by atoms with E-state index < -0.39 is 11.7 Å². The summed E-state index contributed by atoms with van der Waals surface area (Å²) < 4.78 is 0. The van der Waals surface area contributed by atoms with Crippen molar-refractivity contribution in [3.8, 4) is 0 Å². The first-order valence-electron chi connectivity index (χ1n) is 3.68. The molecule has 0 aromatic heterocycles. The van der Waals surface area contributed by atoms with Gasteiger partial charge in [-0.15, -0.1) is 0 Å². The fourth-order valence-electron chi connectivity index (χ4n) is 1.29. The van der Waals surface area contributed by atoms with Crippen LogP contribution in [0.5, 0.6) is 0 Å². The van der Waals surface area contributed by atoms with Crippen molar-refractivity contribution < 1.29 is 15.3 Å². The van der Waals surface area contributed by atoms with Gasteiger partial charge in [0.25, 0.3) is 0 Å². The molecule has 3 heteroatoms. The summed E-state index contributed by atoms with van der Waals surface area (Å²) in [7, 11) is 0. The third-order valence-electron chi connectivity index (χ3n) is 2.11. The van der Waals surface area contributed by atoms with Gasteiger partial charge in [-0.3, -0.25) is 0 Å². The van der Waals surface area contributed by atoms with Crippen molar-refractivity contribution in [3.05, 3.63) is 0 Å². The summed E-state index contributed by atoms with van der Waals surface area (Å²) in [5.41, 5.74) is -0.665. The van der Waals surface area contributed by atoms with Gasteiger partial charge in [0, 0.05) is 6.42 Å². The van der Waals surface area contributed by atoms with E-state index in [-0.39, 0.29) is 6.61 Å². The molecular formula is C7H14O3. The maximum absolute atomic E-state index is 9.44. The molecule has 0 saturated heterocycles. The van der Waals surface area contributed by atoms with Crippen LogP contribution in [0.2, 0.25) is 0 Å². The normalized spacial score (nSPS) is 25.5. The Bertz CT molecular complexity index is 109. The van der Waals surface area contributed by atoms with Crippen LogP contribution in [0.3, 0.4) is 0 Å². The summed E-state index contributed by atoms with van der Waals surface area (Å²) in [5.74, 6) is 0. The van der Waals surface area contributed by atoms with Crippen molar-refractivity contribution in [1.82, 2.24) is 0 Å². The van der Waals surface area contributed by atoms with Gasteiger partial charge in [0.15, 0.2) is 0 Å². The molecule has 0 radical (unpaired) electrons. The predicted molar refractivity (Wildman–Crippen MR) is 36.5 cm³/mol. The van der Waals surface area contributed by atoms with E-state index in [0.717, 1.165) is 19.3 Å². The molecule has 1 aliphatic rings. The topological polar surface area (TPSA) is 60.7 Å². The van der Waals surface area contributed by atoms with E-state index in [9.17, 15) is 5.11 Å². The molecule has 3 N–H and O–H groups in total. The lowest BCUT2D eigenvalue weighted by Crippen LogP contribution is -2.40. The lowest BCUT2D eigenvalue weighted by atomic mass is 9.76. The van der Waals surface area contributed by atoms with Gasteiger partial charge in [-0.25, -0.2) is 0 Å². The zero-order chi connectivity index (χ0) is 7.61. The van der Waals surface area contributed by atoms with Crippen LogP contribution in [0.15, 0.2) is 0 Å². The van der Waals surface area contributed by atoms with E-state index >= 15 is 0 Å². The van der Waals surface area contributed by atoms with E-state index in [1.54, 1.807) is 0 Å². The maximum atomic E-state index is 9.44. The van der Waals surface area contributed by atoms with Gasteiger partial charge in [-0.05, 0) is 19.3 Å². The molecule has 0 aromatic rings. The minimum absolute atomic E-state index is 0.248. The van der Waals surface area contributed by atoms with Gasteiger partial charge in [-0.1, -0.05) is 0 Å². The van der Waals surface area contributed by atoms with Crippen LogP contribution in [-0.2, 0) is 0 Å². The fourth-order valence-corrected chi connectivity index (χ4v) is 1.29. The van der Waals surface area contributed by atoms with E-state index in [0.29, 0.717) is 6.42 Å². The monoisotopic (exact) mass is 146 g/mol. The Morgan fingerprint density at radius 2 is 2.00 bits per heavy atom. The molecule has 1 fully saturated rings. The summed E-state index contributed by atoms with van der Waals surface area (Å²) >= 11 is 0. The van der Waals surface area contributed by atoms with Gasteiger partial charge < -0.3 is 15.3 Å². The van der Waals surface area contributed by atoms with Crippen LogP contribution in [-0.4, -0.2) is 33.6 Å². The van der Waals surface area contributed by atoms with Crippen molar-refractivity contribution in [2.24, 2.45) is 0 Å². The summed E-state index contributed by atoms with van der Waals surface area (Å²) in [6.07, 6.45) is 2.15. The van der Waals surface area contributed by atoms with Gasteiger partial charge in [0.1, 0.15) is 0 Å². The standard InChI is InChI=1S/C7H14O3/c8-5-6(9)4-7(10)2-1-3-7/h6,8-10H,1-5H2. The molecule has 60 valence electrons. The van der Waals surface area contributed by atoms with Crippen LogP contribution < -0.4 is 0 Å². The third kappa shape index (κ3) is 1.68. The Morgan fingerprint density at radius 1 is 1.40 bits per heavy atom. The van der Waals surface area contributed by atoms with Crippen LogP contribution >= 0.6 is 0 Å². The molecule has 1 unspecified atom stereocenters. The highest BCUT2D eigenvalue weighted by Crippen LogP contribution is 2.35. The number of aliphatic hydroxyl groups excluding tert-OH is 2. The molecule has 10 heavy (non-hydrogen) atoms. The predicted octanol–water partition coefficient (Wildman–Crippen LogP) is -0.355. The zero-order valence-corrected chi connectivity index (χ0v) is 5.95. The summed E-state index contributed by atoms with van der Waals surface area (Å²) in [6.45, 7) is -0.248. The molecule has 0 bridgehead atoms. The largest absolute Gasteiger partial charge is 0.394 e. The summed E-state index contributed by atoms with van der Waals surface area (Å²) in [5, 5.41) is 26.8. The van der Waals surface area contributed by atoms with Gasteiger partial charge in [0.05, 0.1) is 18.3 Å². The van der Waals surface area contributed by atoms with Gasteiger partial charge in [0.2, 0.25) is 0 Å². The number of hydrogen-bond donors (Lipinski definition) is 3. The molecule has 0 spiro atoms. The highest BCUT2D eigenvalue weighted by Gasteiger charge is 2.35. The van der Waals surface area contributed by atoms with E-state index in [1.807, 2.05) is 0 Å². The first-order chi connectivity index (χ1) is 4.66. The second-order valence-corrected chi connectivity index (χ2v) is 3.12. The number of aliphatic hydroxyl groups is 3. The van der Waals surface area contributed by atoms with Crippen molar-refractivity contribution in [2.75, 3.05) is 6.61 Å². The molecule has 1 aliphatic carbocycles. The fraction of sp³-hybridized carbons (Fsp3) is 1.00. The van der Waals surface area contributed by atoms with Crippen LogP contribution in [0, 0.1) is 0 Å². The Kier molecular flexibility index (Phi) is 2.28. The molecule has 0 heterocycles. The molecule has 0 amide bonds. The van der Waals surface area contributed by atoms with Crippen molar-refractivity contribution in [2.45, 2.75) is 37.4 Å². The zero-order valence-electron chi connectivity index (χ0n) is 5.95. The number of hydrogen-bond acceptors (Lipinski definition) is 3. The van der Waals surface area contributed by atoms with E-state index in [2.05, 4.69) is 0 Å². The summed E-state index contributed by atoms with van der Waals surface area (Å²) in [4.78, 5) is 0. The van der Waals surface area contributed by atoms with Gasteiger partial charge >= 0.3 is 0 Å². The molecule has 1 saturated carbocycles. The molecule has 0 aromatic carbocycles. The van der Waals surface area contributed by atoms with E-state index in [4.69, 9.17) is 10.2 Å². The highest BCUT2D eigenvalue weighted by atomic mass is 16.3. The van der Waals surface area contributed by atoms with Crippen molar-refractivity contribution in [3.63, 3.8) is 0 Å². The lowest BCUT2D eigenvalue weighted by Gasteiger charge is -2.37. The van der Waals surface area contributed by atoms with E-state index in [1.165, 1.54) is 0 Å².